The van der Waals surface area contributed by atoms with Crippen molar-refractivity contribution in [1.82, 2.24) is 0 Å². The van der Waals surface area contributed by atoms with Crippen molar-refractivity contribution in [3.63, 3.8) is 0 Å². The lowest BCUT2D eigenvalue weighted by Gasteiger charge is -2.28. The summed E-state index contributed by atoms with van der Waals surface area (Å²) < 4.78 is 39.2. The van der Waals surface area contributed by atoms with Crippen LogP contribution in [0.1, 0.15) is 37.2 Å². The van der Waals surface area contributed by atoms with Crippen LogP contribution in [0.25, 0.3) is 0 Å². The van der Waals surface area contributed by atoms with Gasteiger partial charge in [-0.05, 0) is 30.4 Å². The van der Waals surface area contributed by atoms with Gasteiger partial charge in [-0.2, -0.15) is 0 Å². The second kappa shape index (κ2) is 3.87. The van der Waals surface area contributed by atoms with Crippen LogP contribution in [-0.2, 0) is 0 Å². The van der Waals surface area contributed by atoms with Crippen LogP contribution in [0.4, 0.5) is 13.2 Å². The third-order valence-corrected chi connectivity index (χ3v) is 3.06. The van der Waals surface area contributed by atoms with E-state index in [4.69, 9.17) is 0 Å². The number of alkyl halides is 2. The molecule has 0 aromatic heterocycles. The van der Waals surface area contributed by atoms with Crippen molar-refractivity contribution in [2.24, 2.45) is 0 Å². The van der Waals surface area contributed by atoms with Gasteiger partial charge in [0, 0.05) is 12.8 Å². The molecule has 0 radical (unpaired) electrons. The molecule has 3 heteroatoms. The van der Waals surface area contributed by atoms with Crippen LogP contribution in [0.5, 0.6) is 0 Å². The molecular formula is C12H13F3. The molecule has 1 fully saturated rings. The molecule has 2 rings (SSSR count). The smallest absolute Gasteiger partial charge is 0.207 e. The monoisotopic (exact) mass is 214 g/mol. The van der Waals surface area contributed by atoms with E-state index in [-0.39, 0.29) is 24.6 Å². The van der Waals surface area contributed by atoms with Gasteiger partial charge in [0.15, 0.2) is 0 Å². The Morgan fingerprint density at radius 1 is 1.07 bits per heavy atom. The second-order valence-corrected chi connectivity index (χ2v) is 4.15. The molecule has 0 N–H and O–H groups in total. The summed E-state index contributed by atoms with van der Waals surface area (Å²) in [6, 6.07) is 6.47. The molecule has 1 aromatic rings. The Bertz CT molecular complexity index is 336. The van der Waals surface area contributed by atoms with Crippen molar-refractivity contribution < 1.29 is 13.2 Å². The topological polar surface area (TPSA) is 0 Å². The fourth-order valence-electron chi connectivity index (χ4n) is 2.16. The lowest BCUT2D eigenvalue weighted by atomic mass is 9.82. The summed E-state index contributed by atoms with van der Waals surface area (Å²) in [6.45, 7) is 0. The average molecular weight is 214 g/mol. The van der Waals surface area contributed by atoms with Crippen molar-refractivity contribution >= 4 is 0 Å². The molecule has 0 heterocycles. The minimum Gasteiger partial charge on any atom is -0.207 e. The quantitative estimate of drug-likeness (QED) is 0.659. The van der Waals surface area contributed by atoms with Crippen LogP contribution in [0, 0.1) is 5.82 Å². The fourth-order valence-corrected chi connectivity index (χ4v) is 2.16. The van der Waals surface area contributed by atoms with E-state index in [0.29, 0.717) is 18.4 Å². The molecule has 1 aliphatic carbocycles. The van der Waals surface area contributed by atoms with E-state index in [9.17, 15) is 13.2 Å². The molecule has 0 saturated heterocycles. The van der Waals surface area contributed by atoms with Gasteiger partial charge in [0.2, 0.25) is 5.92 Å². The minimum atomic E-state index is -2.54. The minimum absolute atomic E-state index is 0.0363. The Labute approximate surface area is 87.1 Å². The first-order valence-electron chi connectivity index (χ1n) is 5.21. The van der Waals surface area contributed by atoms with Gasteiger partial charge in [-0.3, -0.25) is 0 Å². The molecule has 0 unspecified atom stereocenters. The largest absolute Gasteiger partial charge is 0.248 e. The predicted octanol–water partition coefficient (Wildman–Crippen LogP) is 4.12. The fraction of sp³-hybridized carbons (Fsp3) is 0.500. The number of hydrogen-bond acceptors (Lipinski definition) is 0. The maximum atomic E-state index is 13.4. The maximum Gasteiger partial charge on any atom is 0.248 e. The molecule has 0 spiro atoms. The van der Waals surface area contributed by atoms with Crippen LogP contribution in [0.2, 0.25) is 0 Å². The second-order valence-electron chi connectivity index (χ2n) is 4.15. The molecule has 0 bridgehead atoms. The van der Waals surface area contributed by atoms with Gasteiger partial charge >= 0.3 is 0 Å². The molecule has 0 aliphatic heterocycles. The maximum absolute atomic E-state index is 13.4. The van der Waals surface area contributed by atoms with Gasteiger partial charge in [-0.15, -0.1) is 0 Å². The van der Waals surface area contributed by atoms with E-state index >= 15 is 0 Å². The normalized spacial score (nSPS) is 21.5. The molecule has 0 nitrogen and oxygen atoms in total. The summed E-state index contributed by atoms with van der Waals surface area (Å²) in [6.07, 6.45) is 0.528. The van der Waals surface area contributed by atoms with Gasteiger partial charge in [0.25, 0.3) is 0 Å². The first-order valence-corrected chi connectivity index (χ1v) is 5.21. The van der Waals surface area contributed by atoms with Crippen molar-refractivity contribution in [2.75, 3.05) is 0 Å². The number of hydrogen-bond donors (Lipinski definition) is 0. The zero-order valence-corrected chi connectivity index (χ0v) is 8.35. The molecule has 0 atom stereocenters. The highest BCUT2D eigenvalue weighted by molar-refractivity contribution is 5.22. The molecule has 15 heavy (non-hydrogen) atoms. The van der Waals surface area contributed by atoms with Gasteiger partial charge in [-0.1, -0.05) is 18.2 Å². The summed E-state index contributed by atoms with van der Waals surface area (Å²) in [5, 5.41) is 0. The summed E-state index contributed by atoms with van der Waals surface area (Å²) in [7, 11) is 0. The SMILES string of the molecule is Fc1ccccc1C1CCC(F)(F)CC1. The van der Waals surface area contributed by atoms with Gasteiger partial charge in [0.1, 0.15) is 5.82 Å². The molecule has 1 aliphatic rings. The van der Waals surface area contributed by atoms with Crippen LogP contribution < -0.4 is 0 Å². The summed E-state index contributed by atoms with van der Waals surface area (Å²) in [5.74, 6) is -2.85. The van der Waals surface area contributed by atoms with E-state index in [1.807, 2.05) is 0 Å². The first-order chi connectivity index (χ1) is 7.08. The molecule has 1 aromatic carbocycles. The molecule has 0 amide bonds. The van der Waals surface area contributed by atoms with E-state index in [2.05, 4.69) is 0 Å². The van der Waals surface area contributed by atoms with Gasteiger partial charge < -0.3 is 0 Å². The van der Waals surface area contributed by atoms with Crippen molar-refractivity contribution in [3.05, 3.63) is 35.6 Å². The Hall–Kier alpha value is -0.990. The third-order valence-electron chi connectivity index (χ3n) is 3.06. The summed E-state index contributed by atoms with van der Waals surface area (Å²) in [5.41, 5.74) is 0.591. The van der Waals surface area contributed by atoms with Gasteiger partial charge in [-0.25, -0.2) is 13.2 Å². The van der Waals surface area contributed by atoms with Crippen molar-refractivity contribution in [2.45, 2.75) is 37.5 Å². The molecular weight excluding hydrogens is 201 g/mol. The predicted molar refractivity (Wildman–Crippen MR) is 52.6 cm³/mol. The summed E-state index contributed by atoms with van der Waals surface area (Å²) >= 11 is 0. The third kappa shape index (κ3) is 2.33. The highest BCUT2D eigenvalue weighted by atomic mass is 19.3. The number of rotatable bonds is 1. The Morgan fingerprint density at radius 3 is 2.27 bits per heavy atom. The lowest BCUT2D eigenvalue weighted by molar-refractivity contribution is -0.0384. The highest BCUT2D eigenvalue weighted by Gasteiger charge is 2.35. The Morgan fingerprint density at radius 2 is 1.67 bits per heavy atom. The van der Waals surface area contributed by atoms with Crippen molar-refractivity contribution in [1.29, 1.82) is 0 Å². The van der Waals surface area contributed by atoms with Crippen LogP contribution >= 0.6 is 0 Å². The Kier molecular flexibility index (Phi) is 2.72. The van der Waals surface area contributed by atoms with E-state index in [0.717, 1.165) is 0 Å². The standard InChI is InChI=1S/C12H13F3/c13-11-4-2-1-3-10(11)9-5-7-12(14,15)8-6-9/h1-4,9H,5-8H2. The van der Waals surface area contributed by atoms with E-state index in [1.165, 1.54) is 6.07 Å². The lowest BCUT2D eigenvalue weighted by Crippen LogP contribution is -2.24. The molecule has 1 saturated carbocycles. The van der Waals surface area contributed by atoms with E-state index in [1.54, 1.807) is 18.2 Å². The van der Waals surface area contributed by atoms with Crippen LogP contribution in [0.3, 0.4) is 0 Å². The van der Waals surface area contributed by atoms with Crippen LogP contribution in [-0.4, -0.2) is 5.92 Å². The first kappa shape index (κ1) is 10.5. The van der Waals surface area contributed by atoms with E-state index < -0.39 is 5.92 Å². The number of halogens is 3. The highest BCUT2D eigenvalue weighted by Crippen LogP contribution is 2.41. The van der Waals surface area contributed by atoms with Crippen molar-refractivity contribution in [3.8, 4) is 0 Å². The van der Waals surface area contributed by atoms with Gasteiger partial charge in [0.05, 0.1) is 0 Å². The van der Waals surface area contributed by atoms with Crippen LogP contribution in [0.15, 0.2) is 24.3 Å². The Balaban J connectivity index is 2.11. The number of benzene rings is 1. The average Bonchev–Trinajstić information content (AvgIpc) is 2.19. The summed E-state index contributed by atoms with van der Waals surface area (Å²) in [4.78, 5) is 0. The molecule has 82 valence electrons. The zero-order valence-electron chi connectivity index (χ0n) is 8.35. The zero-order chi connectivity index (χ0) is 10.9.